The fraction of sp³-hybridized carbons (Fsp3) is 0.357. The molecule has 0 bridgehead atoms. The van der Waals surface area contributed by atoms with Crippen LogP contribution in [0.2, 0.25) is 0 Å². The average Bonchev–Trinajstić information content (AvgIpc) is 3.04. The maximum Gasteiger partial charge on any atom is 0.250 e. The number of nitrogens with zero attached hydrogens (tertiary/aromatic N) is 2. The van der Waals surface area contributed by atoms with Crippen LogP contribution in [-0.2, 0) is 10.0 Å². The van der Waals surface area contributed by atoms with Crippen molar-refractivity contribution in [3.05, 3.63) is 40.3 Å². The molecule has 0 radical (unpaired) electrons. The molecule has 0 spiro atoms. The summed E-state index contributed by atoms with van der Waals surface area (Å²) in [4.78, 5) is 6.57. The van der Waals surface area contributed by atoms with Crippen LogP contribution in [0.25, 0.3) is 0 Å². The van der Waals surface area contributed by atoms with E-state index in [1.54, 1.807) is 23.7 Å². The van der Waals surface area contributed by atoms with Gasteiger partial charge in [-0.1, -0.05) is 6.07 Å². The van der Waals surface area contributed by atoms with Crippen LogP contribution in [0, 0.1) is 0 Å². The summed E-state index contributed by atoms with van der Waals surface area (Å²) >= 11 is 4.62. The highest BCUT2D eigenvalue weighted by atomic mass is 79.9. The number of hydrogen-bond acceptors (Lipinski definition) is 5. The normalized spacial score (nSPS) is 16.9. The van der Waals surface area contributed by atoms with E-state index in [1.165, 1.54) is 11.3 Å². The number of rotatable bonds is 4. The lowest BCUT2D eigenvalue weighted by Crippen LogP contribution is -2.44. The Morgan fingerprint density at radius 3 is 2.64 bits per heavy atom. The highest BCUT2D eigenvalue weighted by Crippen LogP contribution is 2.22. The van der Waals surface area contributed by atoms with E-state index in [4.69, 9.17) is 0 Å². The van der Waals surface area contributed by atoms with Gasteiger partial charge in [0.2, 0.25) is 10.0 Å². The molecule has 1 saturated heterocycles. The highest BCUT2D eigenvalue weighted by Gasteiger charge is 2.25. The zero-order chi connectivity index (χ0) is 15.6. The van der Waals surface area contributed by atoms with Gasteiger partial charge in [0.15, 0.2) is 0 Å². The summed E-state index contributed by atoms with van der Waals surface area (Å²) < 4.78 is 28.6. The lowest BCUT2D eigenvalue weighted by molar-refractivity contribution is 0.459. The van der Waals surface area contributed by atoms with E-state index < -0.39 is 10.0 Å². The van der Waals surface area contributed by atoms with Crippen LogP contribution < -0.4 is 9.62 Å². The monoisotopic (exact) mass is 401 g/mol. The molecule has 0 amide bonds. The minimum absolute atomic E-state index is 0.0150. The fourth-order valence-electron chi connectivity index (χ4n) is 2.48. The predicted molar refractivity (Wildman–Crippen MR) is 91.8 cm³/mol. The minimum atomic E-state index is -3.38. The van der Waals surface area contributed by atoms with Gasteiger partial charge >= 0.3 is 0 Å². The van der Waals surface area contributed by atoms with Gasteiger partial charge in [-0.15, -0.1) is 11.3 Å². The zero-order valence-corrected chi connectivity index (χ0v) is 15.0. The smallest absolute Gasteiger partial charge is 0.250 e. The standard InChI is InChI=1S/C14H16BrN3O2S2/c15-11-3-4-13(16-10-11)18-7-5-12(6-8-18)17-22(19,20)14-2-1-9-21-14/h1-4,9-10,12,17H,5-8H2. The molecule has 1 aliphatic rings. The summed E-state index contributed by atoms with van der Waals surface area (Å²) in [6, 6.07) is 7.31. The Balaban J connectivity index is 1.59. The second-order valence-corrected chi connectivity index (χ2v) is 8.95. The lowest BCUT2D eigenvalue weighted by atomic mass is 10.1. The molecule has 1 fully saturated rings. The summed E-state index contributed by atoms with van der Waals surface area (Å²) in [5.74, 6) is 0.933. The molecular weight excluding hydrogens is 386 g/mol. The predicted octanol–water partition coefficient (Wildman–Crippen LogP) is 2.85. The maximum absolute atomic E-state index is 12.2. The molecule has 0 unspecified atom stereocenters. The quantitative estimate of drug-likeness (QED) is 0.855. The van der Waals surface area contributed by atoms with Crippen LogP contribution in [0.5, 0.6) is 0 Å². The molecule has 1 N–H and O–H groups in total. The molecule has 1 aliphatic heterocycles. The number of nitrogens with one attached hydrogen (secondary N) is 1. The first-order chi connectivity index (χ1) is 10.5. The average molecular weight is 402 g/mol. The Morgan fingerprint density at radius 2 is 2.05 bits per heavy atom. The van der Waals surface area contributed by atoms with Gasteiger partial charge in [-0.25, -0.2) is 18.1 Å². The number of sulfonamides is 1. The van der Waals surface area contributed by atoms with E-state index in [0.717, 1.165) is 36.2 Å². The van der Waals surface area contributed by atoms with Gasteiger partial charge in [-0.2, -0.15) is 0 Å². The summed E-state index contributed by atoms with van der Waals surface area (Å²) in [6.07, 6.45) is 3.34. The number of thiophene rings is 1. The molecule has 2 aromatic rings. The topological polar surface area (TPSA) is 62.3 Å². The van der Waals surface area contributed by atoms with Crippen LogP contribution in [0.4, 0.5) is 5.82 Å². The molecule has 22 heavy (non-hydrogen) atoms. The van der Waals surface area contributed by atoms with Crippen molar-refractivity contribution < 1.29 is 8.42 Å². The van der Waals surface area contributed by atoms with Gasteiger partial charge in [0.1, 0.15) is 10.0 Å². The van der Waals surface area contributed by atoms with Crippen molar-refractivity contribution in [3.8, 4) is 0 Å². The summed E-state index contributed by atoms with van der Waals surface area (Å²) in [6.45, 7) is 1.60. The second-order valence-electron chi connectivity index (χ2n) is 5.15. The van der Waals surface area contributed by atoms with Crippen LogP contribution >= 0.6 is 27.3 Å². The van der Waals surface area contributed by atoms with Gasteiger partial charge in [0.05, 0.1) is 0 Å². The highest BCUT2D eigenvalue weighted by molar-refractivity contribution is 9.10. The summed E-state index contributed by atoms with van der Waals surface area (Å²) in [5, 5.41) is 1.77. The van der Waals surface area contributed by atoms with Gasteiger partial charge in [-0.05, 0) is 52.4 Å². The molecule has 2 aromatic heterocycles. The molecule has 0 saturated carbocycles. The number of piperidine rings is 1. The van der Waals surface area contributed by atoms with Crippen molar-refractivity contribution in [1.29, 1.82) is 0 Å². The van der Waals surface area contributed by atoms with E-state index in [9.17, 15) is 8.42 Å². The molecular formula is C14H16BrN3O2S2. The van der Waals surface area contributed by atoms with Crippen molar-refractivity contribution in [2.24, 2.45) is 0 Å². The number of hydrogen-bond donors (Lipinski definition) is 1. The van der Waals surface area contributed by atoms with E-state index in [1.807, 2.05) is 12.1 Å². The van der Waals surface area contributed by atoms with Crippen molar-refractivity contribution in [2.45, 2.75) is 23.1 Å². The van der Waals surface area contributed by atoms with Crippen molar-refractivity contribution in [3.63, 3.8) is 0 Å². The van der Waals surface area contributed by atoms with E-state index in [2.05, 4.69) is 30.5 Å². The molecule has 3 heterocycles. The summed E-state index contributed by atoms with van der Waals surface area (Å²) in [7, 11) is -3.38. The molecule has 0 aliphatic carbocycles. The molecule has 8 heteroatoms. The Kier molecular flexibility index (Phi) is 4.82. The molecule has 3 rings (SSSR count). The van der Waals surface area contributed by atoms with Crippen molar-refractivity contribution >= 4 is 43.1 Å². The van der Waals surface area contributed by atoms with Gasteiger partial charge < -0.3 is 4.90 Å². The zero-order valence-electron chi connectivity index (χ0n) is 11.8. The Bertz CT molecular complexity index is 709. The van der Waals surface area contributed by atoms with E-state index in [0.29, 0.717) is 4.21 Å². The molecule has 0 aromatic carbocycles. The minimum Gasteiger partial charge on any atom is -0.357 e. The lowest BCUT2D eigenvalue weighted by Gasteiger charge is -2.32. The first-order valence-corrected chi connectivity index (χ1v) is 10.1. The third kappa shape index (κ3) is 3.68. The van der Waals surface area contributed by atoms with E-state index >= 15 is 0 Å². The van der Waals surface area contributed by atoms with Gasteiger partial charge in [0, 0.05) is 29.8 Å². The van der Waals surface area contributed by atoms with Crippen LogP contribution in [0.15, 0.2) is 44.5 Å². The third-order valence-electron chi connectivity index (χ3n) is 3.61. The molecule has 5 nitrogen and oxygen atoms in total. The second kappa shape index (κ2) is 6.66. The van der Waals surface area contributed by atoms with E-state index in [-0.39, 0.29) is 6.04 Å². The first kappa shape index (κ1) is 15.9. The fourth-order valence-corrected chi connectivity index (χ4v) is 5.02. The van der Waals surface area contributed by atoms with Crippen molar-refractivity contribution in [1.82, 2.24) is 9.71 Å². The van der Waals surface area contributed by atoms with Gasteiger partial charge in [0.25, 0.3) is 0 Å². The Hall–Kier alpha value is -0.960. The van der Waals surface area contributed by atoms with Crippen LogP contribution in [0.1, 0.15) is 12.8 Å². The van der Waals surface area contributed by atoms with Crippen molar-refractivity contribution in [2.75, 3.05) is 18.0 Å². The Morgan fingerprint density at radius 1 is 1.27 bits per heavy atom. The summed E-state index contributed by atoms with van der Waals surface area (Å²) in [5.41, 5.74) is 0. The SMILES string of the molecule is O=S(=O)(NC1CCN(c2ccc(Br)cn2)CC1)c1cccs1. The largest absolute Gasteiger partial charge is 0.357 e. The number of anilines is 1. The number of aromatic nitrogens is 1. The first-order valence-electron chi connectivity index (χ1n) is 6.97. The number of halogens is 1. The third-order valence-corrected chi connectivity index (χ3v) is 7.00. The maximum atomic E-state index is 12.2. The van der Waals surface area contributed by atoms with Crippen LogP contribution in [0.3, 0.4) is 0 Å². The molecule has 118 valence electrons. The van der Waals surface area contributed by atoms with Crippen LogP contribution in [-0.4, -0.2) is 32.5 Å². The Labute approximate surface area is 142 Å². The number of pyridine rings is 1. The molecule has 0 atom stereocenters. The van der Waals surface area contributed by atoms with Gasteiger partial charge in [-0.3, -0.25) is 0 Å².